The zero-order chi connectivity index (χ0) is 35.1. The van der Waals surface area contributed by atoms with Gasteiger partial charge in [-0.05, 0) is 63.8 Å². The molecule has 0 radical (unpaired) electrons. The van der Waals surface area contributed by atoms with E-state index in [1.54, 1.807) is 11.8 Å². The lowest BCUT2D eigenvalue weighted by molar-refractivity contribution is -0.132. The summed E-state index contributed by atoms with van der Waals surface area (Å²) in [6.07, 6.45) is 6.19. The molecule has 0 N–H and O–H groups in total. The molecule has 0 spiro atoms. The van der Waals surface area contributed by atoms with Crippen LogP contribution in [0.3, 0.4) is 0 Å². The monoisotopic (exact) mass is 686 g/mol. The number of morpholine rings is 2. The fourth-order valence-electron chi connectivity index (χ4n) is 6.93. The van der Waals surface area contributed by atoms with Gasteiger partial charge in [0.25, 0.3) is 0 Å². The molecule has 2 saturated heterocycles. The normalized spacial score (nSPS) is 16.3. The van der Waals surface area contributed by atoms with Crippen molar-refractivity contribution in [1.82, 2.24) is 9.80 Å². The maximum atomic E-state index is 11.6. The lowest BCUT2D eigenvalue weighted by atomic mass is 9.94. The van der Waals surface area contributed by atoms with Crippen LogP contribution in [0.2, 0.25) is 5.79 Å². The molecule has 4 aliphatic rings. The highest BCUT2D eigenvalue weighted by atomic mass is 27.0. The first-order valence-corrected chi connectivity index (χ1v) is 20.3. The first-order chi connectivity index (χ1) is 24.6. The van der Waals surface area contributed by atoms with E-state index in [4.69, 9.17) is 9.47 Å². The van der Waals surface area contributed by atoms with Gasteiger partial charge in [-0.2, -0.15) is 0 Å². The summed E-state index contributed by atoms with van der Waals surface area (Å²) in [5, 5.41) is 0. The van der Waals surface area contributed by atoms with Crippen molar-refractivity contribution in [2.75, 3.05) is 59.2 Å². The molecule has 4 aromatic rings. The van der Waals surface area contributed by atoms with E-state index < -0.39 is 0 Å². The Kier molecular flexibility index (Phi) is 14.6. The first kappa shape index (κ1) is 37.4. The van der Waals surface area contributed by atoms with Gasteiger partial charge in [-0.1, -0.05) is 103 Å². The van der Waals surface area contributed by atoms with Crippen LogP contribution in [0.15, 0.2) is 103 Å². The Balaban J connectivity index is 0.000000156. The minimum Gasteiger partial charge on any atom is -0.379 e. The van der Waals surface area contributed by atoms with Crippen LogP contribution in [-0.4, -0.2) is 96.9 Å². The van der Waals surface area contributed by atoms with Gasteiger partial charge in [0.2, 0.25) is 22.2 Å². The second kappa shape index (κ2) is 19.5. The molecule has 1 amide bonds. The predicted octanol–water partition coefficient (Wildman–Crippen LogP) is 7.03. The van der Waals surface area contributed by atoms with Crippen molar-refractivity contribution in [3.8, 4) is 22.3 Å². The van der Waals surface area contributed by atoms with Gasteiger partial charge in [0.15, 0.2) is 5.78 Å². The van der Waals surface area contributed by atoms with Gasteiger partial charge >= 0.3 is 0 Å². The number of fused-ring (bicyclic) bond motifs is 2. The van der Waals surface area contributed by atoms with E-state index >= 15 is 0 Å². The van der Waals surface area contributed by atoms with Gasteiger partial charge in [-0.25, -0.2) is 0 Å². The number of ketones is 1. The van der Waals surface area contributed by atoms with Gasteiger partial charge in [-0.15, -0.1) is 5.79 Å². The standard InChI is InChI=1S/C21H23NO.C15H12O.C6H11NO2.CH3.Al.2H/c1-2-5-17(6-3-1)19-7-4-8-20-18(9-10-21(19)20)11-12-22-13-15-23-16-14-22;16-15-10-9-13-12(7-4-8-14(13)15)11-5-2-1-3-6-11;1-6(8)7-2-4-9-5-3-7;;;;/h1-9H,10-16H2;1-8H,9-10H2;2-5H2,1H3;1H3;;;. The molecule has 4 aromatic carbocycles. The number of hydrogen-bond donors (Lipinski definition) is 0. The maximum Gasteiger partial charge on any atom is 0.219 e. The third-order valence-electron chi connectivity index (χ3n) is 9.58. The second-order valence-electron chi connectivity index (χ2n) is 12.6. The Labute approximate surface area is 306 Å². The van der Waals surface area contributed by atoms with Gasteiger partial charge in [0.1, 0.15) is 0 Å². The minimum absolute atomic E-state index is 0.151. The van der Waals surface area contributed by atoms with Gasteiger partial charge in [0.05, 0.1) is 26.4 Å². The average Bonchev–Trinajstić information content (AvgIpc) is 3.80. The Morgan fingerprint density at radius 2 is 1.16 bits per heavy atom. The maximum absolute atomic E-state index is 11.6. The summed E-state index contributed by atoms with van der Waals surface area (Å²) in [5.74, 6) is 2.58. The van der Waals surface area contributed by atoms with Crippen molar-refractivity contribution in [2.24, 2.45) is 0 Å². The minimum atomic E-state index is 0.151. The van der Waals surface area contributed by atoms with E-state index in [1.165, 1.54) is 60.8 Å². The lowest BCUT2D eigenvalue weighted by Gasteiger charge is -2.26. The van der Waals surface area contributed by atoms with E-state index in [2.05, 4.69) is 83.5 Å². The molecule has 0 atom stereocenters. The van der Waals surface area contributed by atoms with Crippen molar-refractivity contribution in [2.45, 2.75) is 38.4 Å². The second-order valence-corrected chi connectivity index (χ2v) is 12.6. The van der Waals surface area contributed by atoms with Crippen molar-refractivity contribution < 1.29 is 19.1 Å². The summed E-state index contributed by atoms with van der Waals surface area (Å²) in [5.41, 5.74) is 11.7. The average molecular weight is 687 g/mol. The predicted molar refractivity (Wildman–Crippen MR) is 207 cm³/mol. The number of hydrogen-bond acceptors (Lipinski definition) is 5. The first-order valence-electron chi connectivity index (χ1n) is 18.3. The number of Topliss-reactive ketones (excluding diaryl/α,β-unsaturated/α-hetero) is 1. The quantitative estimate of drug-likeness (QED) is 0.211. The Hall–Kier alpha value is -3.83. The van der Waals surface area contributed by atoms with Gasteiger partial charge < -0.3 is 14.4 Å². The van der Waals surface area contributed by atoms with Crippen LogP contribution in [0, 0.1) is 0 Å². The highest BCUT2D eigenvalue weighted by Crippen LogP contribution is 2.37. The van der Waals surface area contributed by atoms with Crippen molar-refractivity contribution >= 4 is 33.6 Å². The fraction of sp³-hybridized carbons (Fsp3) is 0.349. The largest absolute Gasteiger partial charge is 0.379 e. The molecule has 2 heterocycles. The van der Waals surface area contributed by atoms with Gasteiger partial charge in [-0.3, -0.25) is 14.5 Å². The summed E-state index contributed by atoms with van der Waals surface area (Å²) in [6, 6.07) is 33.8. The number of rotatable bonds is 5. The smallest absolute Gasteiger partial charge is 0.219 e. The van der Waals surface area contributed by atoms with Crippen LogP contribution in [0.25, 0.3) is 27.8 Å². The van der Waals surface area contributed by atoms with Crippen LogP contribution < -0.4 is 0 Å². The summed E-state index contributed by atoms with van der Waals surface area (Å²) >= 11 is 1.31. The van der Waals surface area contributed by atoms with Crippen LogP contribution in [0.4, 0.5) is 0 Å². The lowest BCUT2D eigenvalue weighted by Crippen LogP contribution is -2.39. The van der Waals surface area contributed by atoms with E-state index in [0.717, 1.165) is 70.8 Å². The molecule has 2 fully saturated rings. The molecular formula is C43H51AlN2O4. The van der Waals surface area contributed by atoms with Crippen LogP contribution in [0.5, 0.6) is 0 Å². The van der Waals surface area contributed by atoms with Crippen molar-refractivity contribution in [1.29, 1.82) is 0 Å². The van der Waals surface area contributed by atoms with E-state index in [1.807, 2.05) is 30.3 Å². The number of carbonyl (C=O) groups excluding carboxylic acids is 2. The zero-order valence-corrected chi connectivity index (χ0v) is 32.0. The topological polar surface area (TPSA) is 59.1 Å². The summed E-state index contributed by atoms with van der Waals surface area (Å²) in [6.45, 7) is 9.55. The van der Waals surface area contributed by atoms with Crippen molar-refractivity contribution in [3.63, 3.8) is 0 Å². The zero-order valence-electron chi connectivity index (χ0n) is 30.0. The summed E-state index contributed by atoms with van der Waals surface area (Å²) in [4.78, 5) is 26.6. The SMILES string of the molecule is C1=C(CCN2CCOCC2)c2cccc(-c3ccccc3)c2C1.CC(=O)N1CCOCC1.O=C1CCc2c1cccc2-c1ccccc1.[CH3][AlH2]. The molecule has 7 heteroatoms. The summed E-state index contributed by atoms with van der Waals surface area (Å²) in [7, 11) is 0. The third kappa shape index (κ3) is 9.90. The highest BCUT2D eigenvalue weighted by molar-refractivity contribution is 6.05. The number of nitrogens with zero attached hydrogens (tertiary/aromatic N) is 2. The molecular weight excluding hydrogens is 635 g/mol. The van der Waals surface area contributed by atoms with Crippen LogP contribution >= 0.6 is 0 Å². The summed E-state index contributed by atoms with van der Waals surface area (Å²) < 4.78 is 10.5. The molecule has 2 aliphatic heterocycles. The Morgan fingerprint density at radius 1 is 0.640 bits per heavy atom. The number of benzene rings is 4. The molecule has 2 aliphatic carbocycles. The van der Waals surface area contributed by atoms with E-state index in [0.29, 0.717) is 19.6 Å². The van der Waals surface area contributed by atoms with Crippen LogP contribution in [-0.2, 0) is 27.1 Å². The van der Waals surface area contributed by atoms with Crippen molar-refractivity contribution in [3.05, 3.63) is 125 Å². The molecule has 0 saturated carbocycles. The van der Waals surface area contributed by atoms with Crippen LogP contribution in [0.1, 0.15) is 46.8 Å². The molecule has 0 unspecified atom stereocenters. The number of ether oxygens (including phenoxy) is 2. The Bertz CT molecular complexity index is 1710. The van der Waals surface area contributed by atoms with E-state index in [9.17, 15) is 9.59 Å². The molecule has 8 rings (SSSR count). The van der Waals surface area contributed by atoms with E-state index in [-0.39, 0.29) is 11.7 Å². The number of allylic oxidation sites excluding steroid dienone is 1. The highest BCUT2D eigenvalue weighted by Gasteiger charge is 2.22. The molecule has 6 nitrogen and oxygen atoms in total. The van der Waals surface area contributed by atoms with Gasteiger partial charge in [0, 0.05) is 51.6 Å². The molecule has 50 heavy (non-hydrogen) atoms. The Morgan fingerprint density at radius 3 is 1.72 bits per heavy atom. The number of amides is 1. The third-order valence-corrected chi connectivity index (χ3v) is 9.58. The molecule has 0 bridgehead atoms. The number of carbonyl (C=O) groups is 2. The molecule has 260 valence electrons. The molecule has 0 aromatic heterocycles. The fourth-order valence-corrected chi connectivity index (χ4v) is 6.93.